The summed E-state index contributed by atoms with van der Waals surface area (Å²) >= 11 is 0. The molecule has 0 saturated carbocycles. The topological polar surface area (TPSA) is 52.5 Å². The maximum atomic E-state index is 10.5. The van der Waals surface area contributed by atoms with E-state index >= 15 is 0 Å². The minimum Gasteiger partial charge on any atom is -0.508 e. The Morgan fingerprint density at radius 1 is 0.652 bits per heavy atom. The molecule has 0 atom stereocenters. The highest BCUT2D eigenvalue weighted by atomic mass is 16.3. The zero-order chi connectivity index (χ0) is 15.9. The van der Waals surface area contributed by atoms with Gasteiger partial charge in [0.15, 0.2) is 0 Å². The van der Waals surface area contributed by atoms with Gasteiger partial charge >= 0.3 is 0 Å². The summed E-state index contributed by atoms with van der Waals surface area (Å²) in [6.45, 7) is 0.679. The Bertz CT molecular complexity index is 827. The summed E-state index contributed by atoms with van der Waals surface area (Å²) in [4.78, 5) is 0. The smallest absolute Gasteiger partial charge is 0.121 e. The van der Waals surface area contributed by atoms with E-state index < -0.39 is 5.54 Å². The van der Waals surface area contributed by atoms with E-state index in [1.165, 1.54) is 5.56 Å². The number of aromatic hydroxyl groups is 2. The Hall–Kier alpha value is -2.78. The number of benzene rings is 3. The molecule has 0 bridgehead atoms. The van der Waals surface area contributed by atoms with Crippen LogP contribution in [0.3, 0.4) is 0 Å². The molecule has 0 radical (unpaired) electrons. The van der Waals surface area contributed by atoms with Crippen LogP contribution >= 0.6 is 0 Å². The third kappa shape index (κ3) is 1.94. The van der Waals surface area contributed by atoms with Crippen molar-refractivity contribution in [2.24, 2.45) is 0 Å². The largest absolute Gasteiger partial charge is 0.508 e. The number of fused-ring (bicyclic) bond motifs is 1. The molecule has 3 aromatic rings. The van der Waals surface area contributed by atoms with Crippen LogP contribution in [-0.2, 0) is 12.1 Å². The highest BCUT2D eigenvalue weighted by molar-refractivity contribution is 5.61. The molecule has 3 nitrogen and oxygen atoms in total. The van der Waals surface area contributed by atoms with E-state index in [1.807, 2.05) is 42.5 Å². The van der Waals surface area contributed by atoms with Gasteiger partial charge in [0.1, 0.15) is 17.0 Å². The number of hydrogen-bond acceptors (Lipinski definition) is 3. The molecule has 4 rings (SSSR count). The fourth-order valence-electron chi connectivity index (χ4n) is 3.57. The predicted octanol–water partition coefficient (Wildman–Crippen LogP) is 3.49. The average molecular weight is 303 g/mol. The molecule has 0 unspecified atom stereocenters. The summed E-state index contributed by atoms with van der Waals surface area (Å²) in [5.74, 6) is 0.417. The van der Waals surface area contributed by atoms with Crippen LogP contribution in [0.25, 0.3) is 0 Å². The van der Waals surface area contributed by atoms with E-state index in [2.05, 4.69) is 11.4 Å². The lowest BCUT2D eigenvalue weighted by atomic mass is 9.77. The fourth-order valence-corrected chi connectivity index (χ4v) is 3.57. The fraction of sp³-hybridized carbons (Fsp3) is 0.100. The monoisotopic (exact) mass is 303 g/mol. The first-order chi connectivity index (χ1) is 11.2. The zero-order valence-electron chi connectivity index (χ0n) is 12.5. The second kappa shape index (κ2) is 5.14. The van der Waals surface area contributed by atoms with Gasteiger partial charge < -0.3 is 10.2 Å². The Balaban J connectivity index is 2.09. The summed E-state index contributed by atoms with van der Waals surface area (Å²) in [6.07, 6.45) is 0. The maximum Gasteiger partial charge on any atom is 0.121 e. The minimum atomic E-state index is -0.757. The van der Waals surface area contributed by atoms with Gasteiger partial charge in [-0.1, -0.05) is 60.7 Å². The molecule has 1 heterocycles. The molecule has 0 spiro atoms. The summed E-state index contributed by atoms with van der Waals surface area (Å²) in [7, 11) is 0. The number of para-hydroxylation sites is 2. The SMILES string of the molecule is Oc1ccccc1C1(c2ccccc2O)NCc2ccccc21. The summed E-state index contributed by atoms with van der Waals surface area (Å²) in [6, 6.07) is 22.7. The van der Waals surface area contributed by atoms with Crippen LogP contribution < -0.4 is 5.32 Å². The van der Waals surface area contributed by atoms with Gasteiger partial charge in [0.05, 0.1) is 0 Å². The van der Waals surface area contributed by atoms with E-state index in [9.17, 15) is 10.2 Å². The number of phenols is 2. The van der Waals surface area contributed by atoms with Gasteiger partial charge in [-0.05, 0) is 23.3 Å². The van der Waals surface area contributed by atoms with Crippen LogP contribution in [0.15, 0.2) is 72.8 Å². The van der Waals surface area contributed by atoms with Gasteiger partial charge in [0.25, 0.3) is 0 Å². The molecule has 114 valence electrons. The maximum absolute atomic E-state index is 10.5. The van der Waals surface area contributed by atoms with Gasteiger partial charge in [-0.3, -0.25) is 5.32 Å². The highest BCUT2D eigenvalue weighted by Gasteiger charge is 2.44. The van der Waals surface area contributed by atoms with Crippen LogP contribution in [0.4, 0.5) is 0 Å². The van der Waals surface area contributed by atoms with E-state index in [0.717, 1.165) is 16.7 Å². The number of phenolic OH excluding ortho intramolecular Hbond substituents is 2. The molecule has 0 aromatic heterocycles. The van der Waals surface area contributed by atoms with Crippen LogP contribution in [0, 0.1) is 0 Å². The van der Waals surface area contributed by atoms with Gasteiger partial charge in [-0.2, -0.15) is 0 Å². The minimum absolute atomic E-state index is 0.208. The highest BCUT2D eigenvalue weighted by Crippen LogP contribution is 2.47. The molecule has 0 saturated heterocycles. The quantitative estimate of drug-likeness (QED) is 0.679. The van der Waals surface area contributed by atoms with E-state index in [0.29, 0.717) is 6.54 Å². The molecule has 3 N–H and O–H groups in total. The molecule has 0 aliphatic carbocycles. The molecular weight excluding hydrogens is 286 g/mol. The van der Waals surface area contributed by atoms with Crippen molar-refractivity contribution in [3.05, 3.63) is 95.1 Å². The number of rotatable bonds is 2. The molecule has 3 aromatic carbocycles. The summed E-state index contributed by atoms with van der Waals surface area (Å²) < 4.78 is 0. The Labute approximate surface area is 134 Å². The van der Waals surface area contributed by atoms with Crippen LogP contribution in [0.1, 0.15) is 22.3 Å². The van der Waals surface area contributed by atoms with Crippen molar-refractivity contribution in [2.45, 2.75) is 12.1 Å². The lowest BCUT2D eigenvalue weighted by Gasteiger charge is -2.33. The van der Waals surface area contributed by atoms with Crippen molar-refractivity contribution in [3.8, 4) is 11.5 Å². The van der Waals surface area contributed by atoms with Crippen molar-refractivity contribution in [2.75, 3.05) is 0 Å². The standard InChI is InChI=1S/C20H17NO2/c22-18-11-5-3-9-16(18)20(17-10-4-6-12-19(17)23)15-8-2-1-7-14(15)13-21-20/h1-12,21-23H,13H2. The first kappa shape index (κ1) is 13.9. The number of hydrogen-bond donors (Lipinski definition) is 3. The average Bonchev–Trinajstić information content (AvgIpc) is 2.96. The van der Waals surface area contributed by atoms with Gasteiger partial charge in [-0.25, -0.2) is 0 Å². The first-order valence-corrected chi connectivity index (χ1v) is 7.64. The van der Waals surface area contributed by atoms with Crippen molar-refractivity contribution in [1.29, 1.82) is 0 Å². The van der Waals surface area contributed by atoms with E-state index in [1.54, 1.807) is 24.3 Å². The molecule has 0 fully saturated rings. The molecule has 3 heteroatoms. The Morgan fingerprint density at radius 3 is 1.70 bits per heavy atom. The molecule has 0 amide bonds. The Kier molecular flexibility index (Phi) is 3.10. The second-order valence-corrected chi connectivity index (χ2v) is 5.79. The van der Waals surface area contributed by atoms with Gasteiger partial charge in [0, 0.05) is 17.7 Å². The molecular formula is C20H17NO2. The zero-order valence-corrected chi connectivity index (χ0v) is 12.5. The predicted molar refractivity (Wildman–Crippen MR) is 89.4 cm³/mol. The lowest BCUT2D eigenvalue weighted by Crippen LogP contribution is -2.39. The third-order valence-electron chi connectivity index (χ3n) is 4.58. The van der Waals surface area contributed by atoms with Crippen LogP contribution in [0.5, 0.6) is 11.5 Å². The van der Waals surface area contributed by atoms with Crippen molar-refractivity contribution in [1.82, 2.24) is 5.32 Å². The van der Waals surface area contributed by atoms with E-state index in [4.69, 9.17) is 0 Å². The van der Waals surface area contributed by atoms with Gasteiger partial charge in [0.2, 0.25) is 0 Å². The van der Waals surface area contributed by atoms with Gasteiger partial charge in [-0.15, -0.1) is 0 Å². The summed E-state index contributed by atoms with van der Waals surface area (Å²) in [5, 5.41) is 24.5. The number of nitrogens with one attached hydrogen (secondary N) is 1. The third-order valence-corrected chi connectivity index (χ3v) is 4.58. The lowest BCUT2D eigenvalue weighted by molar-refractivity contribution is 0.415. The van der Waals surface area contributed by atoms with Crippen LogP contribution in [-0.4, -0.2) is 10.2 Å². The van der Waals surface area contributed by atoms with Crippen molar-refractivity contribution in [3.63, 3.8) is 0 Å². The molecule has 23 heavy (non-hydrogen) atoms. The van der Waals surface area contributed by atoms with Crippen molar-refractivity contribution >= 4 is 0 Å². The first-order valence-electron chi connectivity index (χ1n) is 7.64. The Morgan fingerprint density at radius 2 is 1.13 bits per heavy atom. The summed E-state index contributed by atoms with van der Waals surface area (Å²) in [5.41, 5.74) is 2.95. The normalized spacial score (nSPS) is 15.3. The molecule has 1 aliphatic rings. The van der Waals surface area contributed by atoms with E-state index in [-0.39, 0.29) is 11.5 Å². The molecule has 1 aliphatic heterocycles. The van der Waals surface area contributed by atoms with Crippen LogP contribution in [0.2, 0.25) is 0 Å². The second-order valence-electron chi connectivity index (χ2n) is 5.79. The van der Waals surface area contributed by atoms with Crippen molar-refractivity contribution < 1.29 is 10.2 Å².